The number of likely N-dealkylation sites (N-methyl/N-ethyl adjacent to an activating group) is 1. The van der Waals surface area contributed by atoms with E-state index in [-0.39, 0.29) is 11.3 Å². The van der Waals surface area contributed by atoms with Gasteiger partial charge in [0.2, 0.25) is 0 Å². The van der Waals surface area contributed by atoms with Gasteiger partial charge in [-0.05, 0) is 42.9 Å². The predicted molar refractivity (Wildman–Crippen MR) is 120 cm³/mol. The third-order valence-corrected chi connectivity index (χ3v) is 5.75. The molecule has 1 aliphatic heterocycles. The van der Waals surface area contributed by atoms with Crippen molar-refractivity contribution >= 4 is 11.0 Å². The maximum Gasteiger partial charge on any atom is 0.275 e. The molecule has 3 heterocycles. The number of aromatic hydroxyl groups is 1. The van der Waals surface area contributed by atoms with Crippen molar-refractivity contribution < 1.29 is 5.11 Å². The van der Waals surface area contributed by atoms with Gasteiger partial charge >= 0.3 is 0 Å². The SMILES string of the molecule is CN1CCN(Cc2ccc3nc(-c4cc(-c5cccc(O)c5)n[nH]c4=O)[nH]c3c2)CC1. The topological polar surface area (TPSA) is 101 Å². The van der Waals surface area contributed by atoms with Crippen LogP contribution in [0.25, 0.3) is 33.7 Å². The van der Waals surface area contributed by atoms with Gasteiger partial charge in [-0.25, -0.2) is 10.1 Å². The van der Waals surface area contributed by atoms with Gasteiger partial charge in [0.1, 0.15) is 11.6 Å². The number of imidazole rings is 1. The van der Waals surface area contributed by atoms with Crippen LogP contribution in [-0.4, -0.2) is 68.3 Å². The normalized spacial score (nSPS) is 15.5. The third-order valence-electron chi connectivity index (χ3n) is 5.75. The summed E-state index contributed by atoms with van der Waals surface area (Å²) in [6.45, 7) is 5.20. The van der Waals surface area contributed by atoms with Gasteiger partial charge in [0.05, 0.1) is 22.3 Å². The van der Waals surface area contributed by atoms with Crippen molar-refractivity contribution in [3.8, 4) is 28.4 Å². The summed E-state index contributed by atoms with van der Waals surface area (Å²) in [6, 6.07) is 14.6. The van der Waals surface area contributed by atoms with E-state index in [1.807, 2.05) is 12.1 Å². The average molecular weight is 416 g/mol. The Morgan fingerprint density at radius 3 is 2.71 bits per heavy atom. The molecule has 8 nitrogen and oxygen atoms in total. The van der Waals surface area contributed by atoms with Crippen LogP contribution in [0, 0.1) is 0 Å². The first-order chi connectivity index (χ1) is 15.0. The van der Waals surface area contributed by atoms with E-state index < -0.39 is 0 Å². The summed E-state index contributed by atoms with van der Waals surface area (Å²) in [6.07, 6.45) is 0. The Morgan fingerprint density at radius 2 is 1.90 bits per heavy atom. The molecule has 0 aliphatic carbocycles. The summed E-state index contributed by atoms with van der Waals surface area (Å²) in [5, 5.41) is 16.4. The van der Waals surface area contributed by atoms with Crippen LogP contribution in [-0.2, 0) is 6.54 Å². The zero-order valence-electron chi connectivity index (χ0n) is 17.3. The molecule has 0 saturated carbocycles. The van der Waals surface area contributed by atoms with Crippen molar-refractivity contribution in [2.45, 2.75) is 6.54 Å². The van der Waals surface area contributed by atoms with Crippen molar-refractivity contribution in [1.29, 1.82) is 0 Å². The second-order valence-corrected chi connectivity index (χ2v) is 8.06. The zero-order chi connectivity index (χ0) is 21.4. The van der Waals surface area contributed by atoms with Gasteiger partial charge in [0, 0.05) is 38.3 Å². The average Bonchev–Trinajstić information content (AvgIpc) is 3.19. The number of hydrogen-bond donors (Lipinski definition) is 3. The minimum absolute atomic E-state index is 0.142. The summed E-state index contributed by atoms with van der Waals surface area (Å²) in [7, 11) is 2.16. The molecule has 4 aromatic rings. The van der Waals surface area contributed by atoms with Crippen LogP contribution in [0.15, 0.2) is 53.3 Å². The number of phenols is 1. The molecule has 1 aliphatic rings. The Morgan fingerprint density at radius 1 is 1.06 bits per heavy atom. The smallest absolute Gasteiger partial charge is 0.275 e. The van der Waals surface area contributed by atoms with E-state index in [1.54, 1.807) is 24.3 Å². The maximum atomic E-state index is 12.5. The van der Waals surface area contributed by atoms with E-state index >= 15 is 0 Å². The fourth-order valence-electron chi connectivity index (χ4n) is 3.94. The monoisotopic (exact) mass is 416 g/mol. The number of rotatable bonds is 4. The summed E-state index contributed by atoms with van der Waals surface area (Å²) in [4.78, 5) is 25.2. The summed E-state index contributed by atoms with van der Waals surface area (Å²) < 4.78 is 0. The predicted octanol–water partition coefficient (Wildman–Crippen LogP) is 2.43. The standard InChI is InChI=1S/C23H24N6O2/c1-28-7-9-29(10-8-28)14-15-5-6-19-21(11-15)25-22(24-19)18-13-20(26-27-23(18)31)16-3-2-4-17(30)12-16/h2-6,11-13,30H,7-10,14H2,1H3,(H,24,25)(H,27,31). The molecule has 2 aromatic carbocycles. The van der Waals surface area contributed by atoms with Crippen LogP contribution in [0.2, 0.25) is 0 Å². The molecular weight excluding hydrogens is 392 g/mol. The van der Waals surface area contributed by atoms with Crippen molar-refractivity contribution in [3.63, 3.8) is 0 Å². The van der Waals surface area contributed by atoms with Gasteiger partial charge < -0.3 is 15.0 Å². The quantitative estimate of drug-likeness (QED) is 0.472. The van der Waals surface area contributed by atoms with Gasteiger partial charge in [-0.15, -0.1) is 0 Å². The molecule has 2 aromatic heterocycles. The van der Waals surface area contributed by atoms with Crippen LogP contribution < -0.4 is 5.56 Å². The molecule has 1 fully saturated rings. The van der Waals surface area contributed by atoms with Crippen LogP contribution in [0.1, 0.15) is 5.56 Å². The lowest BCUT2D eigenvalue weighted by atomic mass is 10.1. The summed E-state index contributed by atoms with van der Waals surface area (Å²) in [5.41, 5.74) is 4.29. The molecule has 3 N–H and O–H groups in total. The number of benzene rings is 2. The Hall–Kier alpha value is -3.49. The molecule has 158 valence electrons. The van der Waals surface area contributed by atoms with Gasteiger partial charge in [0.15, 0.2) is 0 Å². The number of nitrogens with one attached hydrogen (secondary N) is 2. The number of H-pyrrole nitrogens is 2. The molecule has 1 saturated heterocycles. The molecule has 0 bridgehead atoms. The van der Waals surface area contributed by atoms with E-state index in [4.69, 9.17) is 0 Å². The maximum absolute atomic E-state index is 12.5. The van der Waals surface area contributed by atoms with E-state index in [0.29, 0.717) is 22.6 Å². The van der Waals surface area contributed by atoms with Gasteiger partial charge in [-0.1, -0.05) is 18.2 Å². The number of phenolic OH excluding ortho intramolecular Hbond substituents is 1. The Kier molecular flexibility index (Phi) is 5.01. The second kappa shape index (κ2) is 7.98. The Balaban J connectivity index is 1.45. The Labute approximate surface area is 179 Å². The van der Waals surface area contributed by atoms with Gasteiger partial charge in [-0.2, -0.15) is 5.10 Å². The fraction of sp³-hybridized carbons (Fsp3) is 0.261. The van der Waals surface area contributed by atoms with E-state index in [9.17, 15) is 9.90 Å². The lowest BCUT2D eigenvalue weighted by Gasteiger charge is -2.32. The molecular formula is C23H24N6O2. The van der Waals surface area contributed by atoms with E-state index in [2.05, 4.69) is 49.1 Å². The third kappa shape index (κ3) is 4.08. The van der Waals surface area contributed by atoms with Crippen molar-refractivity contribution in [3.05, 3.63) is 64.4 Å². The van der Waals surface area contributed by atoms with Crippen LogP contribution in [0.5, 0.6) is 5.75 Å². The highest BCUT2D eigenvalue weighted by atomic mass is 16.3. The molecule has 8 heteroatoms. The highest BCUT2D eigenvalue weighted by Crippen LogP contribution is 2.25. The van der Waals surface area contributed by atoms with Crippen LogP contribution in [0.3, 0.4) is 0 Å². The first-order valence-corrected chi connectivity index (χ1v) is 10.3. The number of piperazine rings is 1. The fourth-order valence-corrected chi connectivity index (χ4v) is 3.94. The number of fused-ring (bicyclic) bond motifs is 1. The number of hydrogen-bond acceptors (Lipinski definition) is 6. The molecule has 0 atom stereocenters. The van der Waals surface area contributed by atoms with Crippen LogP contribution in [0.4, 0.5) is 0 Å². The molecule has 0 amide bonds. The first-order valence-electron chi connectivity index (χ1n) is 10.3. The molecule has 31 heavy (non-hydrogen) atoms. The molecule has 0 unspecified atom stereocenters. The van der Waals surface area contributed by atoms with Gasteiger partial charge in [0.25, 0.3) is 5.56 Å². The number of aromatic amines is 2. The lowest BCUT2D eigenvalue weighted by molar-refractivity contribution is 0.148. The van der Waals surface area contributed by atoms with Crippen molar-refractivity contribution in [2.24, 2.45) is 0 Å². The highest BCUT2D eigenvalue weighted by Gasteiger charge is 2.16. The number of nitrogens with zero attached hydrogens (tertiary/aromatic N) is 4. The van der Waals surface area contributed by atoms with Crippen LogP contribution >= 0.6 is 0 Å². The highest BCUT2D eigenvalue weighted by molar-refractivity contribution is 5.80. The second-order valence-electron chi connectivity index (χ2n) is 8.06. The first kappa shape index (κ1) is 19.5. The molecule has 0 spiro atoms. The molecule has 0 radical (unpaired) electrons. The summed E-state index contributed by atoms with van der Waals surface area (Å²) >= 11 is 0. The van der Waals surface area contributed by atoms with E-state index in [0.717, 1.165) is 43.8 Å². The minimum atomic E-state index is -0.319. The largest absolute Gasteiger partial charge is 0.508 e. The van der Waals surface area contributed by atoms with Crippen molar-refractivity contribution in [1.82, 2.24) is 30.0 Å². The van der Waals surface area contributed by atoms with E-state index in [1.165, 1.54) is 5.56 Å². The number of aromatic nitrogens is 4. The lowest BCUT2D eigenvalue weighted by Crippen LogP contribution is -2.43. The van der Waals surface area contributed by atoms with Gasteiger partial charge in [-0.3, -0.25) is 9.69 Å². The zero-order valence-corrected chi connectivity index (χ0v) is 17.3. The minimum Gasteiger partial charge on any atom is -0.508 e. The summed E-state index contributed by atoms with van der Waals surface area (Å²) in [5.74, 6) is 0.639. The molecule has 5 rings (SSSR count). The van der Waals surface area contributed by atoms with Crippen molar-refractivity contribution in [2.75, 3.05) is 33.2 Å². The Bertz CT molecular complexity index is 1290.